The number of thiazole rings is 1. The van der Waals surface area contributed by atoms with Gasteiger partial charge in [0.15, 0.2) is 4.96 Å². The Morgan fingerprint density at radius 2 is 2.00 bits per heavy atom. The van der Waals surface area contributed by atoms with Crippen molar-refractivity contribution in [3.8, 4) is 0 Å². The summed E-state index contributed by atoms with van der Waals surface area (Å²) in [6, 6.07) is 7.60. The highest BCUT2D eigenvalue weighted by Gasteiger charge is 2.23. The Bertz CT molecular complexity index is 925. The number of nitrogens with zero attached hydrogens (tertiary/aromatic N) is 3. The van der Waals surface area contributed by atoms with Crippen molar-refractivity contribution >= 4 is 32.4 Å². The van der Waals surface area contributed by atoms with E-state index in [-0.39, 0.29) is 17.0 Å². The molecule has 112 valence electrons. The first-order chi connectivity index (χ1) is 10.8. The molecule has 22 heavy (non-hydrogen) atoms. The highest BCUT2D eigenvalue weighted by atomic mass is 32.1. The molecular formula is C15H13N3O3S. The summed E-state index contributed by atoms with van der Waals surface area (Å²) in [5.41, 5.74) is 0.596. The Morgan fingerprint density at radius 3 is 2.82 bits per heavy atom. The number of carbonyl (C=O) groups is 1. The lowest BCUT2D eigenvalue weighted by Gasteiger charge is -2.26. The number of rotatable bonds is 1. The monoisotopic (exact) mass is 315 g/mol. The van der Waals surface area contributed by atoms with Crippen LogP contribution in [0.3, 0.4) is 0 Å². The molecule has 0 radical (unpaired) electrons. The Labute approximate surface area is 129 Å². The Kier molecular flexibility index (Phi) is 3.16. The van der Waals surface area contributed by atoms with Gasteiger partial charge in [0, 0.05) is 19.3 Å². The maximum absolute atomic E-state index is 12.7. The fourth-order valence-corrected chi connectivity index (χ4v) is 3.62. The predicted molar refractivity (Wildman–Crippen MR) is 83.6 cm³/mol. The molecule has 4 rings (SSSR count). The molecule has 1 aromatic carbocycles. The lowest BCUT2D eigenvalue weighted by atomic mass is 10.2. The molecule has 1 amide bonds. The standard InChI is InChI=1S/C15H13N3O3S/c19-13(17-5-7-21-8-6-17)10-9-16-15-18(14(10)20)11-3-1-2-4-12(11)22-15/h1-4,9H,5-8H2. The van der Waals surface area contributed by atoms with Gasteiger partial charge >= 0.3 is 0 Å². The van der Waals surface area contributed by atoms with Crippen molar-refractivity contribution in [1.29, 1.82) is 0 Å². The largest absolute Gasteiger partial charge is 0.378 e. The Balaban J connectivity index is 1.88. The van der Waals surface area contributed by atoms with E-state index in [0.717, 1.165) is 10.2 Å². The summed E-state index contributed by atoms with van der Waals surface area (Å²) >= 11 is 1.44. The molecule has 0 bridgehead atoms. The van der Waals surface area contributed by atoms with Gasteiger partial charge in [-0.1, -0.05) is 23.5 Å². The fraction of sp³-hybridized carbons (Fsp3) is 0.267. The van der Waals surface area contributed by atoms with E-state index in [1.807, 2.05) is 24.3 Å². The maximum Gasteiger partial charge on any atom is 0.271 e. The van der Waals surface area contributed by atoms with Gasteiger partial charge in [-0.05, 0) is 12.1 Å². The maximum atomic E-state index is 12.7. The van der Waals surface area contributed by atoms with Gasteiger partial charge in [-0.3, -0.25) is 14.0 Å². The molecule has 0 unspecified atom stereocenters. The molecule has 3 heterocycles. The number of fused-ring (bicyclic) bond motifs is 3. The number of para-hydroxylation sites is 1. The minimum Gasteiger partial charge on any atom is -0.378 e. The van der Waals surface area contributed by atoms with Crippen LogP contribution in [-0.2, 0) is 4.74 Å². The molecule has 7 heteroatoms. The average Bonchev–Trinajstić information content (AvgIpc) is 2.95. The van der Waals surface area contributed by atoms with E-state index in [9.17, 15) is 9.59 Å². The predicted octanol–water partition coefficient (Wildman–Crippen LogP) is 1.38. The van der Waals surface area contributed by atoms with Crippen molar-refractivity contribution in [2.45, 2.75) is 0 Å². The molecule has 2 aromatic heterocycles. The molecule has 1 saturated heterocycles. The number of hydrogen-bond donors (Lipinski definition) is 0. The van der Waals surface area contributed by atoms with E-state index in [2.05, 4.69) is 4.98 Å². The van der Waals surface area contributed by atoms with Gasteiger partial charge in [0.2, 0.25) is 0 Å². The van der Waals surface area contributed by atoms with Gasteiger partial charge in [-0.25, -0.2) is 4.98 Å². The second kappa shape index (κ2) is 5.19. The molecular weight excluding hydrogens is 302 g/mol. The normalized spacial score (nSPS) is 15.5. The summed E-state index contributed by atoms with van der Waals surface area (Å²) in [7, 11) is 0. The van der Waals surface area contributed by atoms with E-state index in [1.165, 1.54) is 21.9 Å². The molecule has 1 aliphatic heterocycles. The van der Waals surface area contributed by atoms with Crippen molar-refractivity contribution < 1.29 is 9.53 Å². The van der Waals surface area contributed by atoms with Gasteiger partial charge in [0.25, 0.3) is 11.5 Å². The minimum absolute atomic E-state index is 0.114. The molecule has 0 spiro atoms. The molecule has 1 aliphatic rings. The van der Waals surface area contributed by atoms with Crippen LogP contribution in [0, 0.1) is 0 Å². The van der Waals surface area contributed by atoms with Crippen LogP contribution in [-0.4, -0.2) is 46.5 Å². The minimum atomic E-state index is -0.307. The third-order valence-electron chi connectivity index (χ3n) is 3.76. The number of benzene rings is 1. The number of hydrogen-bond acceptors (Lipinski definition) is 5. The van der Waals surface area contributed by atoms with Crippen LogP contribution >= 0.6 is 11.3 Å². The third-order valence-corrected chi connectivity index (χ3v) is 4.80. The molecule has 0 N–H and O–H groups in total. The summed E-state index contributed by atoms with van der Waals surface area (Å²) < 4.78 is 7.74. The summed E-state index contributed by atoms with van der Waals surface area (Å²) in [4.78, 5) is 31.8. The van der Waals surface area contributed by atoms with Crippen LogP contribution in [0.4, 0.5) is 0 Å². The van der Waals surface area contributed by atoms with Crippen LogP contribution < -0.4 is 5.56 Å². The van der Waals surface area contributed by atoms with E-state index in [0.29, 0.717) is 31.3 Å². The highest BCUT2D eigenvalue weighted by Crippen LogP contribution is 2.23. The average molecular weight is 315 g/mol. The Hall–Kier alpha value is -2.25. The summed E-state index contributed by atoms with van der Waals surface area (Å²) in [6.45, 7) is 2.02. The van der Waals surface area contributed by atoms with E-state index in [1.54, 1.807) is 4.90 Å². The smallest absolute Gasteiger partial charge is 0.271 e. The molecule has 0 atom stereocenters. The molecule has 1 fully saturated rings. The second-order valence-corrected chi connectivity index (χ2v) is 6.08. The van der Waals surface area contributed by atoms with Crippen molar-refractivity contribution in [2.24, 2.45) is 0 Å². The van der Waals surface area contributed by atoms with Gasteiger partial charge in [-0.2, -0.15) is 0 Å². The van der Waals surface area contributed by atoms with Crippen LogP contribution in [0.2, 0.25) is 0 Å². The second-order valence-electron chi connectivity index (χ2n) is 5.07. The van der Waals surface area contributed by atoms with Crippen molar-refractivity contribution in [2.75, 3.05) is 26.3 Å². The fourth-order valence-electron chi connectivity index (χ4n) is 2.63. The summed E-state index contributed by atoms with van der Waals surface area (Å²) in [5, 5.41) is 0. The lowest BCUT2D eigenvalue weighted by molar-refractivity contribution is 0.0301. The topological polar surface area (TPSA) is 63.9 Å². The zero-order valence-electron chi connectivity index (χ0n) is 11.7. The van der Waals surface area contributed by atoms with Crippen molar-refractivity contribution in [3.05, 3.63) is 46.4 Å². The van der Waals surface area contributed by atoms with Crippen LogP contribution in [0.25, 0.3) is 15.2 Å². The van der Waals surface area contributed by atoms with E-state index in [4.69, 9.17) is 4.74 Å². The quantitative estimate of drug-likeness (QED) is 0.680. The first kappa shape index (κ1) is 13.4. The molecule has 0 saturated carbocycles. The summed E-state index contributed by atoms with van der Waals surface area (Å²) in [5.74, 6) is -0.273. The van der Waals surface area contributed by atoms with E-state index < -0.39 is 0 Å². The number of amides is 1. The Morgan fingerprint density at radius 1 is 1.23 bits per heavy atom. The van der Waals surface area contributed by atoms with Gasteiger partial charge in [0.05, 0.1) is 23.4 Å². The zero-order valence-corrected chi connectivity index (χ0v) is 12.5. The number of ether oxygens (including phenoxy) is 1. The number of morpholine rings is 1. The lowest BCUT2D eigenvalue weighted by Crippen LogP contribution is -2.42. The number of carbonyl (C=O) groups excluding carboxylic acids is 1. The van der Waals surface area contributed by atoms with Gasteiger partial charge in [-0.15, -0.1) is 0 Å². The van der Waals surface area contributed by atoms with Crippen molar-refractivity contribution in [3.63, 3.8) is 0 Å². The molecule has 3 aromatic rings. The van der Waals surface area contributed by atoms with Gasteiger partial charge < -0.3 is 9.64 Å². The van der Waals surface area contributed by atoms with Gasteiger partial charge in [0.1, 0.15) is 5.56 Å². The highest BCUT2D eigenvalue weighted by molar-refractivity contribution is 7.23. The van der Waals surface area contributed by atoms with E-state index >= 15 is 0 Å². The SMILES string of the molecule is O=C(c1cnc2sc3ccccc3n2c1=O)N1CCOCC1. The van der Waals surface area contributed by atoms with Crippen LogP contribution in [0.5, 0.6) is 0 Å². The first-order valence-electron chi connectivity index (χ1n) is 7.02. The molecule has 6 nitrogen and oxygen atoms in total. The van der Waals surface area contributed by atoms with Crippen LogP contribution in [0.15, 0.2) is 35.3 Å². The van der Waals surface area contributed by atoms with Crippen molar-refractivity contribution in [1.82, 2.24) is 14.3 Å². The third kappa shape index (κ3) is 2.01. The zero-order chi connectivity index (χ0) is 15.1. The van der Waals surface area contributed by atoms with Crippen LogP contribution in [0.1, 0.15) is 10.4 Å². The molecule has 0 aliphatic carbocycles. The summed E-state index contributed by atoms with van der Waals surface area (Å²) in [6.07, 6.45) is 1.39. The first-order valence-corrected chi connectivity index (χ1v) is 7.84. The number of aromatic nitrogens is 2.